The van der Waals surface area contributed by atoms with Gasteiger partial charge in [-0.15, -0.1) is 0 Å². The summed E-state index contributed by atoms with van der Waals surface area (Å²) in [5.74, 6) is -0.185. The number of ether oxygens (including phenoxy) is 2. The molecule has 2 aromatic carbocycles. The van der Waals surface area contributed by atoms with Crippen LogP contribution in [0.5, 0.6) is 5.75 Å². The zero-order valence-electron chi connectivity index (χ0n) is 23.2. The number of hydrogen-bond acceptors (Lipinski definition) is 8. The molecule has 1 aromatic heterocycles. The van der Waals surface area contributed by atoms with Gasteiger partial charge in [-0.1, -0.05) is 48.5 Å². The number of aromatic nitrogens is 2. The first-order valence-electron chi connectivity index (χ1n) is 14.1. The monoisotopic (exact) mass is 580 g/mol. The molecule has 3 aromatic rings. The summed E-state index contributed by atoms with van der Waals surface area (Å²) >= 11 is 0. The van der Waals surface area contributed by atoms with E-state index in [9.17, 15) is 18.0 Å². The van der Waals surface area contributed by atoms with E-state index in [1.54, 1.807) is 25.3 Å². The lowest BCUT2D eigenvalue weighted by Crippen LogP contribution is -2.49. The molecule has 0 unspecified atom stereocenters. The molecular formula is C30H36N4O6S. The van der Waals surface area contributed by atoms with Crippen molar-refractivity contribution in [2.24, 2.45) is 5.92 Å². The summed E-state index contributed by atoms with van der Waals surface area (Å²) in [7, 11) is -3.49. The van der Waals surface area contributed by atoms with Crippen molar-refractivity contribution >= 4 is 21.7 Å². The highest BCUT2D eigenvalue weighted by atomic mass is 32.2. The molecule has 11 heteroatoms. The molecule has 0 N–H and O–H groups in total. The first-order chi connectivity index (χ1) is 19.9. The van der Waals surface area contributed by atoms with E-state index < -0.39 is 10.0 Å². The second kappa shape index (κ2) is 12.9. The molecule has 10 nitrogen and oxygen atoms in total. The normalized spacial score (nSPS) is 20.0. The van der Waals surface area contributed by atoms with Gasteiger partial charge >= 0.3 is 11.5 Å². The maximum Gasteiger partial charge on any atom is 0.316 e. The fourth-order valence-corrected chi connectivity index (χ4v) is 6.96. The van der Waals surface area contributed by atoms with E-state index in [0.717, 1.165) is 5.56 Å². The average molecular weight is 581 g/mol. The summed E-state index contributed by atoms with van der Waals surface area (Å²) in [6.07, 6.45) is 3.92. The van der Waals surface area contributed by atoms with Crippen molar-refractivity contribution in [3.8, 4) is 11.4 Å². The van der Waals surface area contributed by atoms with E-state index >= 15 is 0 Å². The molecule has 218 valence electrons. The highest BCUT2D eigenvalue weighted by Crippen LogP contribution is 2.32. The number of carbonyl (C=O) groups excluding carboxylic acids is 1. The van der Waals surface area contributed by atoms with Gasteiger partial charge < -0.3 is 14.4 Å². The summed E-state index contributed by atoms with van der Waals surface area (Å²) in [6, 6.07) is 18.3. The molecule has 2 fully saturated rings. The molecule has 2 heterocycles. The van der Waals surface area contributed by atoms with Crippen molar-refractivity contribution < 1.29 is 22.7 Å². The molecule has 0 amide bonds. The minimum Gasteiger partial charge on any atom is -0.483 e. The van der Waals surface area contributed by atoms with Crippen molar-refractivity contribution in [1.29, 1.82) is 0 Å². The number of esters is 1. The third kappa shape index (κ3) is 6.79. The van der Waals surface area contributed by atoms with Crippen LogP contribution in [0, 0.1) is 5.92 Å². The maximum absolute atomic E-state index is 13.8. The molecule has 1 saturated carbocycles. The van der Waals surface area contributed by atoms with E-state index in [1.807, 2.05) is 53.4 Å². The third-order valence-corrected chi connectivity index (χ3v) is 9.51. The average Bonchev–Trinajstić information content (AvgIpc) is 2.99. The zero-order chi connectivity index (χ0) is 28.8. The molecule has 0 spiro atoms. The minimum absolute atomic E-state index is 0.0502. The van der Waals surface area contributed by atoms with Gasteiger partial charge in [-0.25, -0.2) is 8.42 Å². The fraction of sp³-hybridized carbons (Fsp3) is 0.433. The molecule has 41 heavy (non-hydrogen) atoms. The van der Waals surface area contributed by atoms with Gasteiger partial charge in [0.25, 0.3) is 0 Å². The zero-order valence-corrected chi connectivity index (χ0v) is 24.0. The van der Waals surface area contributed by atoms with Gasteiger partial charge in [-0.2, -0.15) is 14.1 Å². The highest BCUT2D eigenvalue weighted by Gasteiger charge is 2.32. The van der Waals surface area contributed by atoms with Crippen LogP contribution in [-0.2, 0) is 25.3 Å². The number of rotatable bonds is 9. The summed E-state index contributed by atoms with van der Waals surface area (Å²) in [5, 5.41) is 4.45. The summed E-state index contributed by atoms with van der Waals surface area (Å²) in [6.45, 7) is 3.54. The largest absolute Gasteiger partial charge is 0.483 e. The second-order valence-electron chi connectivity index (χ2n) is 10.4. The topological polar surface area (TPSA) is 111 Å². The van der Waals surface area contributed by atoms with Crippen LogP contribution >= 0.6 is 0 Å². The molecular weight excluding hydrogens is 544 g/mol. The van der Waals surface area contributed by atoms with Crippen LogP contribution in [0.3, 0.4) is 0 Å². The van der Waals surface area contributed by atoms with Crippen molar-refractivity contribution in [1.82, 2.24) is 14.1 Å². The van der Waals surface area contributed by atoms with E-state index in [4.69, 9.17) is 9.47 Å². The summed E-state index contributed by atoms with van der Waals surface area (Å²) in [4.78, 5) is 27.9. The highest BCUT2D eigenvalue weighted by molar-refractivity contribution is 7.88. The van der Waals surface area contributed by atoms with Crippen LogP contribution < -0.4 is 15.2 Å². The number of piperazine rings is 1. The first-order valence-corrected chi connectivity index (χ1v) is 15.7. The van der Waals surface area contributed by atoms with Crippen molar-refractivity contribution in [2.45, 2.75) is 44.5 Å². The maximum atomic E-state index is 13.8. The lowest BCUT2D eigenvalue weighted by molar-refractivity contribution is -0.149. The molecule has 0 atom stereocenters. The Labute approximate surface area is 240 Å². The Bertz CT molecular complexity index is 1480. The number of nitrogens with zero attached hydrogens (tertiary/aromatic N) is 4. The lowest BCUT2D eigenvalue weighted by atomic mass is 9.87. The smallest absolute Gasteiger partial charge is 0.316 e. The molecule has 2 aliphatic rings. The van der Waals surface area contributed by atoms with Crippen LogP contribution in [-0.4, -0.2) is 67.4 Å². The molecule has 5 rings (SSSR count). The molecule has 0 bridgehead atoms. The first kappa shape index (κ1) is 28.8. The van der Waals surface area contributed by atoms with Crippen LogP contribution in [0.4, 0.5) is 5.69 Å². The van der Waals surface area contributed by atoms with E-state index in [1.165, 1.54) is 8.99 Å². The Balaban J connectivity index is 1.34. The predicted molar refractivity (Wildman–Crippen MR) is 156 cm³/mol. The number of anilines is 1. The number of benzene rings is 2. The summed E-state index contributed by atoms with van der Waals surface area (Å²) < 4.78 is 40.6. The lowest BCUT2D eigenvalue weighted by Gasteiger charge is -2.36. The van der Waals surface area contributed by atoms with Gasteiger partial charge in [0.15, 0.2) is 0 Å². The van der Waals surface area contributed by atoms with Crippen molar-refractivity contribution in [3.05, 3.63) is 82.8 Å². The Kier molecular flexibility index (Phi) is 9.04. The quantitative estimate of drug-likeness (QED) is 0.354. The third-order valence-electron chi connectivity index (χ3n) is 7.66. The Morgan fingerprint density at radius 3 is 2.20 bits per heavy atom. The minimum atomic E-state index is -3.49. The summed E-state index contributed by atoms with van der Waals surface area (Å²) in [5.41, 5.74) is 1.55. The second-order valence-corrected chi connectivity index (χ2v) is 12.4. The van der Waals surface area contributed by atoms with Gasteiger partial charge in [0.05, 0.1) is 36.3 Å². The fourth-order valence-electron chi connectivity index (χ4n) is 5.44. The van der Waals surface area contributed by atoms with E-state index in [2.05, 4.69) is 5.10 Å². The number of hydrogen-bond donors (Lipinski definition) is 0. The molecule has 1 aliphatic heterocycles. The van der Waals surface area contributed by atoms with Crippen LogP contribution in [0.15, 0.2) is 71.7 Å². The van der Waals surface area contributed by atoms with Crippen LogP contribution in [0.25, 0.3) is 5.69 Å². The van der Waals surface area contributed by atoms with Gasteiger partial charge in [0.2, 0.25) is 15.8 Å². The van der Waals surface area contributed by atoms with Gasteiger partial charge in [0.1, 0.15) is 5.69 Å². The Morgan fingerprint density at radius 1 is 0.927 bits per heavy atom. The van der Waals surface area contributed by atoms with Gasteiger partial charge in [-0.3, -0.25) is 9.59 Å². The van der Waals surface area contributed by atoms with E-state index in [0.29, 0.717) is 69.8 Å². The standard InChI is InChI=1S/C30H36N4O6S/c1-2-39-30(36)24-13-15-26(16-14-24)40-28-27(21-31-34(29(28)35)25-11-7-4-8-12-25)32-17-19-33(20-18-32)41(37,38)22-23-9-5-3-6-10-23/h3-12,21,24,26H,2,13-20,22H2,1H3. The molecule has 1 saturated heterocycles. The van der Waals surface area contributed by atoms with Gasteiger partial charge in [0, 0.05) is 26.2 Å². The number of carbonyl (C=O) groups is 1. The van der Waals surface area contributed by atoms with Gasteiger partial charge in [-0.05, 0) is 50.3 Å². The predicted octanol–water partition coefficient (Wildman–Crippen LogP) is 3.39. The van der Waals surface area contributed by atoms with Crippen LogP contribution in [0.2, 0.25) is 0 Å². The van der Waals surface area contributed by atoms with Crippen molar-refractivity contribution in [3.63, 3.8) is 0 Å². The SMILES string of the molecule is CCOC(=O)C1CCC(Oc2c(N3CCN(S(=O)(=O)Cc4ccccc4)CC3)cnn(-c3ccccc3)c2=O)CC1. The number of sulfonamides is 1. The van der Waals surface area contributed by atoms with Crippen LogP contribution in [0.1, 0.15) is 38.2 Å². The Hall–Kier alpha value is -3.70. The molecule has 0 radical (unpaired) electrons. The molecule has 1 aliphatic carbocycles. The number of para-hydroxylation sites is 1. The van der Waals surface area contributed by atoms with E-state index in [-0.39, 0.29) is 35.1 Å². The van der Waals surface area contributed by atoms with Crippen molar-refractivity contribution in [2.75, 3.05) is 37.7 Å². The Morgan fingerprint density at radius 2 is 1.56 bits per heavy atom.